The Balaban J connectivity index is 2.06. The van der Waals surface area contributed by atoms with Crippen LogP contribution in [0.5, 0.6) is 5.75 Å². The van der Waals surface area contributed by atoms with Gasteiger partial charge in [0, 0.05) is 20.0 Å². The van der Waals surface area contributed by atoms with Crippen LogP contribution in [-0.4, -0.2) is 36.0 Å². The molecule has 0 aliphatic heterocycles. The highest BCUT2D eigenvalue weighted by Crippen LogP contribution is 2.21. The lowest BCUT2D eigenvalue weighted by atomic mass is 10.0. The highest BCUT2D eigenvalue weighted by atomic mass is 16.5. The average Bonchev–Trinajstić information content (AvgIpc) is 2.98. The Morgan fingerprint density at radius 3 is 2.52 bits per heavy atom. The maximum absolute atomic E-state index is 12.5. The van der Waals surface area contributed by atoms with Gasteiger partial charge in [-0.15, -0.1) is 0 Å². The first kappa shape index (κ1) is 18.5. The maximum atomic E-state index is 12.5. The van der Waals surface area contributed by atoms with Gasteiger partial charge in [-0.3, -0.25) is 9.59 Å². The molecule has 134 valence electrons. The predicted molar refractivity (Wildman–Crippen MR) is 91.9 cm³/mol. The fraction of sp³-hybridized carbons (Fsp3) is 0.389. The lowest BCUT2D eigenvalue weighted by Crippen LogP contribution is -2.33. The molecule has 2 rings (SSSR count). The number of ether oxygens (including phenoxy) is 1. The topological polar surface area (TPSA) is 84.7 Å². The molecule has 0 aliphatic carbocycles. The lowest BCUT2D eigenvalue weighted by molar-refractivity contribution is -0.131. The van der Waals surface area contributed by atoms with E-state index in [0.717, 1.165) is 11.3 Å². The van der Waals surface area contributed by atoms with Crippen molar-refractivity contribution in [2.45, 2.75) is 32.9 Å². The summed E-state index contributed by atoms with van der Waals surface area (Å²) in [6, 6.07) is 8.67. The van der Waals surface area contributed by atoms with E-state index in [1.54, 1.807) is 44.2 Å². The van der Waals surface area contributed by atoms with Gasteiger partial charge in [0.05, 0.1) is 26.1 Å². The lowest BCUT2D eigenvalue weighted by Gasteiger charge is -2.22. The Bertz CT molecular complexity index is 724. The normalized spacial score (nSPS) is 11.7. The first-order valence-electron chi connectivity index (χ1n) is 7.96. The van der Waals surface area contributed by atoms with Gasteiger partial charge >= 0.3 is 0 Å². The molecule has 0 aliphatic rings. The van der Waals surface area contributed by atoms with Gasteiger partial charge in [-0.25, -0.2) is 0 Å². The van der Waals surface area contributed by atoms with E-state index in [1.165, 1.54) is 6.92 Å². The molecule has 1 atom stereocenters. The molecular formula is C18H23N3O4. The quantitative estimate of drug-likeness (QED) is 0.832. The van der Waals surface area contributed by atoms with Crippen LogP contribution in [0.25, 0.3) is 0 Å². The molecule has 1 unspecified atom stereocenters. The van der Waals surface area contributed by atoms with Crippen LogP contribution in [0.15, 0.2) is 34.9 Å². The molecule has 0 radical (unpaired) electrons. The van der Waals surface area contributed by atoms with E-state index in [9.17, 15) is 9.59 Å². The van der Waals surface area contributed by atoms with Gasteiger partial charge in [0.1, 0.15) is 17.2 Å². The number of hydrogen-bond donors (Lipinski definition) is 1. The van der Waals surface area contributed by atoms with Crippen LogP contribution in [0.4, 0.5) is 0 Å². The second-order valence-electron chi connectivity index (χ2n) is 5.91. The number of methoxy groups -OCH3 is 1. The van der Waals surface area contributed by atoms with E-state index in [4.69, 9.17) is 9.26 Å². The molecule has 0 saturated carbocycles. The van der Waals surface area contributed by atoms with Crippen LogP contribution in [0.1, 0.15) is 36.4 Å². The SMILES string of the molecule is COc1ccc(C(CC(=O)N(C)Cc2cc(C)on2)NC(C)=O)cc1. The average molecular weight is 345 g/mol. The summed E-state index contributed by atoms with van der Waals surface area (Å²) in [7, 11) is 3.29. The van der Waals surface area contributed by atoms with Crippen LogP contribution in [0.3, 0.4) is 0 Å². The molecule has 1 N–H and O–H groups in total. The Hall–Kier alpha value is -2.83. The fourth-order valence-corrected chi connectivity index (χ4v) is 2.49. The van der Waals surface area contributed by atoms with Crippen molar-refractivity contribution in [3.05, 3.63) is 47.3 Å². The molecule has 0 spiro atoms. The Labute approximate surface area is 146 Å². The van der Waals surface area contributed by atoms with Crippen LogP contribution in [0.2, 0.25) is 0 Å². The number of aromatic nitrogens is 1. The Kier molecular flexibility index (Phi) is 6.16. The molecule has 25 heavy (non-hydrogen) atoms. The maximum Gasteiger partial charge on any atom is 0.225 e. The minimum Gasteiger partial charge on any atom is -0.497 e. The number of hydrogen-bond acceptors (Lipinski definition) is 5. The summed E-state index contributed by atoms with van der Waals surface area (Å²) in [6.45, 7) is 3.59. The van der Waals surface area contributed by atoms with Crippen molar-refractivity contribution < 1.29 is 18.8 Å². The van der Waals surface area contributed by atoms with Gasteiger partial charge in [-0.2, -0.15) is 0 Å². The summed E-state index contributed by atoms with van der Waals surface area (Å²) in [4.78, 5) is 25.6. The number of nitrogens with one attached hydrogen (secondary N) is 1. The van der Waals surface area contributed by atoms with Crippen molar-refractivity contribution in [2.75, 3.05) is 14.2 Å². The van der Waals surface area contributed by atoms with E-state index in [0.29, 0.717) is 18.0 Å². The van der Waals surface area contributed by atoms with Crippen molar-refractivity contribution in [3.8, 4) is 5.75 Å². The zero-order chi connectivity index (χ0) is 18.4. The standard InChI is InChI=1S/C18H23N3O4/c1-12-9-15(20-25-12)11-21(3)18(23)10-17(19-13(2)22)14-5-7-16(24-4)8-6-14/h5-9,17H,10-11H2,1-4H3,(H,19,22). The van der Waals surface area contributed by atoms with Crippen LogP contribution >= 0.6 is 0 Å². The first-order chi connectivity index (χ1) is 11.9. The van der Waals surface area contributed by atoms with E-state index in [1.807, 2.05) is 12.1 Å². The van der Waals surface area contributed by atoms with E-state index in [2.05, 4.69) is 10.5 Å². The summed E-state index contributed by atoms with van der Waals surface area (Å²) in [5.41, 5.74) is 1.53. The predicted octanol–water partition coefficient (Wildman–Crippen LogP) is 2.22. The third kappa shape index (κ3) is 5.34. The molecule has 2 amide bonds. The molecule has 0 fully saturated rings. The second kappa shape index (κ2) is 8.32. The first-order valence-corrected chi connectivity index (χ1v) is 7.96. The van der Waals surface area contributed by atoms with Gasteiger partial charge in [-0.1, -0.05) is 17.3 Å². The molecule has 1 heterocycles. The van der Waals surface area contributed by atoms with Crippen molar-refractivity contribution >= 4 is 11.8 Å². The molecule has 0 bridgehead atoms. The molecule has 2 aromatic rings. The fourth-order valence-electron chi connectivity index (χ4n) is 2.49. The van der Waals surface area contributed by atoms with E-state index < -0.39 is 6.04 Å². The van der Waals surface area contributed by atoms with Crippen LogP contribution < -0.4 is 10.1 Å². The van der Waals surface area contributed by atoms with Gasteiger partial charge < -0.3 is 19.5 Å². The molecule has 1 aromatic heterocycles. The van der Waals surface area contributed by atoms with Crippen molar-refractivity contribution in [2.24, 2.45) is 0 Å². The molecular weight excluding hydrogens is 322 g/mol. The van der Waals surface area contributed by atoms with Crippen molar-refractivity contribution in [1.29, 1.82) is 0 Å². The largest absolute Gasteiger partial charge is 0.497 e. The number of aryl methyl sites for hydroxylation is 1. The van der Waals surface area contributed by atoms with Crippen LogP contribution in [0, 0.1) is 6.92 Å². The third-order valence-electron chi connectivity index (χ3n) is 3.78. The van der Waals surface area contributed by atoms with Gasteiger partial charge in [0.25, 0.3) is 0 Å². The summed E-state index contributed by atoms with van der Waals surface area (Å²) in [6.07, 6.45) is 0.152. The summed E-state index contributed by atoms with van der Waals surface area (Å²) in [5, 5.41) is 6.72. The van der Waals surface area contributed by atoms with Gasteiger partial charge in [0.15, 0.2) is 0 Å². The van der Waals surface area contributed by atoms with Gasteiger partial charge in [0.2, 0.25) is 11.8 Å². The zero-order valence-electron chi connectivity index (χ0n) is 14.9. The second-order valence-corrected chi connectivity index (χ2v) is 5.91. The number of benzene rings is 1. The van der Waals surface area contributed by atoms with E-state index in [-0.39, 0.29) is 18.2 Å². The number of amides is 2. The van der Waals surface area contributed by atoms with Crippen molar-refractivity contribution in [1.82, 2.24) is 15.4 Å². The number of nitrogens with zero attached hydrogens (tertiary/aromatic N) is 2. The number of rotatable bonds is 7. The Morgan fingerprint density at radius 2 is 2.00 bits per heavy atom. The zero-order valence-corrected chi connectivity index (χ0v) is 14.9. The number of carbonyl (C=O) groups is 2. The summed E-state index contributed by atoms with van der Waals surface area (Å²) >= 11 is 0. The van der Waals surface area contributed by atoms with Crippen molar-refractivity contribution in [3.63, 3.8) is 0 Å². The molecule has 7 heteroatoms. The van der Waals surface area contributed by atoms with E-state index >= 15 is 0 Å². The summed E-state index contributed by atoms with van der Waals surface area (Å²) in [5.74, 6) is 1.12. The Morgan fingerprint density at radius 1 is 1.32 bits per heavy atom. The molecule has 1 aromatic carbocycles. The monoisotopic (exact) mass is 345 g/mol. The highest BCUT2D eigenvalue weighted by molar-refractivity contribution is 5.79. The molecule has 0 saturated heterocycles. The van der Waals surface area contributed by atoms with Gasteiger partial charge in [-0.05, 0) is 24.6 Å². The molecule has 7 nitrogen and oxygen atoms in total. The van der Waals surface area contributed by atoms with Crippen LogP contribution in [-0.2, 0) is 16.1 Å². The third-order valence-corrected chi connectivity index (χ3v) is 3.78. The summed E-state index contributed by atoms with van der Waals surface area (Å²) < 4.78 is 10.2. The minimum atomic E-state index is -0.405. The highest BCUT2D eigenvalue weighted by Gasteiger charge is 2.20. The smallest absolute Gasteiger partial charge is 0.225 e. The minimum absolute atomic E-state index is 0.102. The number of carbonyl (C=O) groups excluding carboxylic acids is 2.